The molecular weight excluding hydrogens is 403 g/mol. The van der Waals surface area contributed by atoms with Crippen LogP contribution in [0.1, 0.15) is 0 Å². The molecule has 0 aromatic carbocycles. The Labute approximate surface area is 171 Å². The molecule has 0 aliphatic carbocycles. The Balaban J connectivity index is 1.52. The van der Waals surface area contributed by atoms with Crippen molar-refractivity contribution in [1.29, 1.82) is 0 Å². The van der Waals surface area contributed by atoms with Crippen LogP contribution in [0, 0.1) is 5.13 Å². The van der Waals surface area contributed by atoms with Crippen molar-refractivity contribution in [2.24, 2.45) is 0 Å². The van der Waals surface area contributed by atoms with Gasteiger partial charge in [-0.25, -0.2) is 19.9 Å². The van der Waals surface area contributed by atoms with Crippen LogP contribution >= 0.6 is 11.3 Å². The van der Waals surface area contributed by atoms with E-state index in [2.05, 4.69) is 30.1 Å². The topological polar surface area (TPSA) is 109 Å². The molecule has 30 heavy (non-hydrogen) atoms. The fourth-order valence-electron chi connectivity index (χ4n) is 3.34. The summed E-state index contributed by atoms with van der Waals surface area (Å²) in [4.78, 5) is 25.9. The Morgan fingerprint density at radius 3 is 2.57 bits per heavy atom. The summed E-state index contributed by atoms with van der Waals surface area (Å²) in [5, 5.41) is 7.15. The van der Waals surface area contributed by atoms with E-state index in [1.54, 1.807) is 30.9 Å². The molecule has 0 radical (unpaired) electrons. The van der Waals surface area contributed by atoms with E-state index in [0.29, 0.717) is 22.6 Å². The van der Waals surface area contributed by atoms with Crippen LogP contribution in [-0.2, 0) is 0 Å². The number of H-pyrrole nitrogens is 2. The standard InChI is InChI=1S/C20H11FN8S/c21-16-4-3-15(30-16)11-7-22-8-14-17(11)27-20(26-14)19-18-13(28-29-19)2-1-12(25-18)10-5-23-9-24-6-10/h1-9H,(H,26,27)(H,28,29). The molecule has 0 unspecified atom stereocenters. The summed E-state index contributed by atoms with van der Waals surface area (Å²) in [5.74, 6) is 0.552. The average molecular weight is 414 g/mol. The molecule has 0 spiro atoms. The lowest BCUT2D eigenvalue weighted by molar-refractivity contribution is 0.657. The number of hydrogen-bond donors (Lipinski definition) is 2. The lowest BCUT2D eigenvalue weighted by Crippen LogP contribution is -1.88. The van der Waals surface area contributed by atoms with Gasteiger partial charge in [0.15, 0.2) is 16.6 Å². The zero-order chi connectivity index (χ0) is 20.1. The first kappa shape index (κ1) is 16.9. The molecule has 0 bridgehead atoms. The van der Waals surface area contributed by atoms with E-state index in [0.717, 1.165) is 44.1 Å². The van der Waals surface area contributed by atoms with Crippen LogP contribution in [0.25, 0.3) is 55.3 Å². The lowest BCUT2D eigenvalue weighted by Gasteiger charge is -2.00. The van der Waals surface area contributed by atoms with Crippen LogP contribution in [0.15, 0.2) is 55.4 Å². The van der Waals surface area contributed by atoms with E-state index in [1.165, 1.54) is 12.4 Å². The molecule has 0 atom stereocenters. The van der Waals surface area contributed by atoms with Gasteiger partial charge in [0, 0.05) is 34.6 Å². The van der Waals surface area contributed by atoms with E-state index in [9.17, 15) is 4.39 Å². The maximum absolute atomic E-state index is 13.5. The van der Waals surface area contributed by atoms with Crippen LogP contribution in [0.5, 0.6) is 0 Å². The largest absolute Gasteiger partial charge is 0.335 e. The third-order valence-electron chi connectivity index (χ3n) is 4.72. The molecule has 0 saturated carbocycles. The summed E-state index contributed by atoms with van der Waals surface area (Å²) in [6, 6.07) is 6.96. The van der Waals surface area contributed by atoms with Gasteiger partial charge in [-0.1, -0.05) is 0 Å². The number of thiophene rings is 1. The fourth-order valence-corrected chi connectivity index (χ4v) is 4.08. The minimum absolute atomic E-state index is 0.252. The van der Waals surface area contributed by atoms with Crippen molar-refractivity contribution in [3.8, 4) is 33.2 Å². The predicted octanol–water partition coefficient (Wildman–Crippen LogP) is 4.22. The summed E-state index contributed by atoms with van der Waals surface area (Å²) < 4.78 is 13.5. The maximum atomic E-state index is 13.5. The van der Waals surface area contributed by atoms with Crippen molar-refractivity contribution in [1.82, 2.24) is 40.1 Å². The highest BCUT2D eigenvalue weighted by atomic mass is 32.1. The van der Waals surface area contributed by atoms with Crippen molar-refractivity contribution in [3.63, 3.8) is 0 Å². The Bertz CT molecular complexity index is 1520. The van der Waals surface area contributed by atoms with Crippen molar-refractivity contribution in [2.75, 3.05) is 0 Å². The van der Waals surface area contributed by atoms with Gasteiger partial charge >= 0.3 is 0 Å². The third-order valence-corrected chi connectivity index (χ3v) is 5.63. The van der Waals surface area contributed by atoms with Crippen molar-refractivity contribution < 1.29 is 4.39 Å². The van der Waals surface area contributed by atoms with Crippen molar-refractivity contribution in [3.05, 3.63) is 60.5 Å². The summed E-state index contributed by atoms with van der Waals surface area (Å²) in [6.45, 7) is 0. The highest BCUT2D eigenvalue weighted by Crippen LogP contribution is 2.33. The molecule has 6 aromatic heterocycles. The van der Waals surface area contributed by atoms with Crippen LogP contribution in [-0.4, -0.2) is 40.1 Å². The third kappa shape index (κ3) is 2.65. The monoisotopic (exact) mass is 414 g/mol. The number of halogens is 1. The summed E-state index contributed by atoms with van der Waals surface area (Å²) in [7, 11) is 0. The molecule has 0 aliphatic heterocycles. The van der Waals surface area contributed by atoms with E-state index in [-0.39, 0.29) is 5.13 Å². The Morgan fingerprint density at radius 1 is 0.833 bits per heavy atom. The number of fused-ring (bicyclic) bond motifs is 2. The van der Waals surface area contributed by atoms with Gasteiger partial charge in [0.05, 0.1) is 22.9 Å². The molecule has 6 aromatic rings. The normalized spacial score (nSPS) is 11.5. The van der Waals surface area contributed by atoms with Gasteiger partial charge in [-0.15, -0.1) is 11.3 Å². The second-order valence-corrected chi connectivity index (χ2v) is 7.60. The SMILES string of the molecule is Fc1ccc(-c2cncc3[nH]c(-c4n[nH]c5ccc(-c6cncnc6)nc45)nc23)s1. The Morgan fingerprint density at radius 2 is 1.73 bits per heavy atom. The number of pyridine rings is 2. The molecule has 0 fully saturated rings. The molecule has 6 heterocycles. The van der Waals surface area contributed by atoms with Gasteiger partial charge in [-0.05, 0) is 24.3 Å². The van der Waals surface area contributed by atoms with E-state index < -0.39 is 0 Å². The lowest BCUT2D eigenvalue weighted by atomic mass is 10.2. The molecule has 0 saturated heterocycles. The van der Waals surface area contributed by atoms with Crippen LogP contribution < -0.4 is 0 Å². The second kappa shape index (κ2) is 6.49. The number of hydrogen-bond acceptors (Lipinski definition) is 7. The van der Waals surface area contributed by atoms with Crippen LogP contribution in [0.4, 0.5) is 4.39 Å². The first-order chi connectivity index (χ1) is 14.8. The second-order valence-electron chi connectivity index (χ2n) is 6.56. The van der Waals surface area contributed by atoms with Crippen molar-refractivity contribution >= 4 is 33.4 Å². The minimum Gasteiger partial charge on any atom is -0.335 e. The molecule has 2 N–H and O–H groups in total. The van der Waals surface area contributed by atoms with Gasteiger partial charge in [0.25, 0.3) is 0 Å². The fraction of sp³-hybridized carbons (Fsp3) is 0. The van der Waals surface area contributed by atoms with Crippen LogP contribution in [0.2, 0.25) is 0 Å². The zero-order valence-corrected chi connectivity index (χ0v) is 16.0. The Hall–Kier alpha value is -4.05. The molecule has 144 valence electrons. The number of rotatable bonds is 3. The van der Waals surface area contributed by atoms with E-state index >= 15 is 0 Å². The zero-order valence-electron chi connectivity index (χ0n) is 15.2. The number of nitrogens with one attached hydrogen (secondary N) is 2. The molecular formula is C20H11FN8S. The Kier molecular flexibility index (Phi) is 3.65. The van der Waals surface area contributed by atoms with Gasteiger partial charge in [-0.2, -0.15) is 9.49 Å². The van der Waals surface area contributed by atoms with Gasteiger partial charge in [0.2, 0.25) is 0 Å². The van der Waals surface area contributed by atoms with Crippen LogP contribution in [0.3, 0.4) is 0 Å². The van der Waals surface area contributed by atoms with E-state index in [4.69, 9.17) is 9.97 Å². The smallest absolute Gasteiger partial charge is 0.176 e. The number of nitrogens with zero attached hydrogens (tertiary/aromatic N) is 6. The molecule has 6 rings (SSSR count). The first-order valence-corrected chi connectivity index (χ1v) is 9.78. The number of aromatic amines is 2. The van der Waals surface area contributed by atoms with Crippen molar-refractivity contribution in [2.45, 2.75) is 0 Å². The molecule has 0 aliphatic rings. The summed E-state index contributed by atoms with van der Waals surface area (Å²) in [5.41, 5.74) is 5.78. The first-order valence-electron chi connectivity index (χ1n) is 8.96. The van der Waals surface area contributed by atoms with Gasteiger partial charge in [0.1, 0.15) is 17.4 Å². The quantitative estimate of drug-likeness (QED) is 0.449. The molecule has 0 amide bonds. The van der Waals surface area contributed by atoms with E-state index in [1.807, 2.05) is 12.1 Å². The predicted molar refractivity (Wildman–Crippen MR) is 111 cm³/mol. The maximum Gasteiger partial charge on any atom is 0.176 e. The summed E-state index contributed by atoms with van der Waals surface area (Å²) in [6.07, 6.45) is 8.27. The number of imidazole rings is 1. The summed E-state index contributed by atoms with van der Waals surface area (Å²) >= 11 is 1.06. The molecule has 10 heteroatoms. The molecule has 8 nitrogen and oxygen atoms in total. The number of aromatic nitrogens is 8. The minimum atomic E-state index is -0.252. The average Bonchev–Trinajstić information content (AvgIpc) is 3.51. The van der Waals surface area contributed by atoms with Gasteiger partial charge in [-0.3, -0.25) is 10.1 Å². The highest BCUT2D eigenvalue weighted by molar-refractivity contribution is 7.14. The van der Waals surface area contributed by atoms with Gasteiger partial charge < -0.3 is 4.98 Å². The highest BCUT2D eigenvalue weighted by Gasteiger charge is 2.17.